The topological polar surface area (TPSA) is 30.5 Å². The predicted molar refractivity (Wildman–Crippen MR) is 59.8 cm³/mol. The minimum Gasteiger partial charge on any atom is -0.486 e. The van der Waals surface area contributed by atoms with E-state index in [4.69, 9.17) is 9.47 Å². The molecule has 0 amide bonds. The minimum absolute atomic E-state index is 0.0175. The number of fused-ring (bicyclic) bond motifs is 1. The van der Waals surface area contributed by atoms with Crippen LogP contribution in [0.5, 0.6) is 11.5 Å². The van der Waals surface area contributed by atoms with Gasteiger partial charge in [0.2, 0.25) is 0 Å². The second-order valence-electron chi connectivity index (χ2n) is 4.07. The Morgan fingerprint density at radius 1 is 1.24 bits per heavy atom. The van der Waals surface area contributed by atoms with Crippen molar-refractivity contribution < 1.29 is 18.3 Å². The number of benzene rings is 1. The number of halogens is 2. The van der Waals surface area contributed by atoms with E-state index in [1.807, 2.05) is 0 Å². The Balaban J connectivity index is 2.48. The smallest absolute Gasteiger partial charge is 0.270 e. The lowest BCUT2D eigenvalue weighted by Gasteiger charge is -2.23. The summed E-state index contributed by atoms with van der Waals surface area (Å²) in [6.07, 6.45) is 0. The zero-order chi connectivity index (χ0) is 12.5. The standard InChI is InChI=1S/C12H15F2NO2/c1-12(13,14)9-6-11-10(16-3-4-17-11)5-8(9)7-15-2/h5-6,15H,3-4,7H2,1-2H3. The number of hydrogen-bond donors (Lipinski definition) is 1. The van der Waals surface area contributed by atoms with Gasteiger partial charge in [0, 0.05) is 19.0 Å². The molecule has 0 aliphatic carbocycles. The quantitative estimate of drug-likeness (QED) is 0.883. The zero-order valence-electron chi connectivity index (χ0n) is 9.85. The predicted octanol–water partition coefficient (Wildman–Crippen LogP) is 2.29. The van der Waals surface area contributed by atoms with Crippen LogP contribution in [-0.4, -0.2) is 20.3 Å². The summed E-state index contributed by atoms with van der Waals surface area (Å²) < 4.78 is 37.7. The summed E-state index contributed by atoms with van der Waals surface area (Å²) in [6, 6.07) is 3.00. The van der Waals surface area contributed by atoms with Gasteiger partial charge in [0.05, 0.1) is 0 Å². The van der Waals surface area contributed by atoms with Gasteiger partial charge < -0.3 is 14.8 Å². The first-order chi connectivity index (χ1) is 8.02. The summed E-state index contributed by atoms with van der Waals surface area (Å²) in [4.78, 5) is 0. The first kappa shape index (κ1) is 12.1. The Morgan fingerprint density at radius 2 is 1.82 bits per heavy atom. The second-order valence-corrected chi connectivity index (χ2v) is 4.07. The third kappa shape index (κ3) is 2.49. The molecule has 1 aliphatic rings. The maximum Gasteiger partial charge on any atom is 0.270 e. The number of rotatable bonds is 3. The third-order valence-corrected chi connectivity index (χ3v) is 2.61. The Bertz CT molecular complexity index is 416. The summed E-state index contributed by atoms with van der Waals surface area (Å²) in [5, 5.41) is 2.87. The van der Waals surface area contributed by atoms with E-state index in [-0.39, 0.29) is 5.56 Å². The van der Waals surface area contributed by atoms with Crippen LogP contribution in [0, 0.1) is 0 Å². The molecule has 0 saturated carbocycles. The van der Waals surface area contributed by atoms with Gasteiger partial charge >= 0.3 is 0 Å². The normalized spacial score (nSPS) is 14.8. The average Bonchev–Trinajstić information content (AvgIpc) is 2.27. The lowest BCUT2D eigenvalue weighted by atomic mass is 10.0. The van der Waals surface area contributed by atoms with E-state index < -0.39 is 5.92 Å². The average molecular weight is 243 g/mol. The van der Waals surface area contributed by atoms with Crippen molar-refractivity contribution >= 4 is 0 Å². The molecule has 2 rings (SSSR count). The Morgan fingerprint density at radius 3 is 2.35 bits per heavy atom. The molecule has 0 radical (unpaired) electrons. The van der Waals surface area contributed by atoms with Crippen LogP contribution in [0.25, 0.3) is 0 Å². The molecule has 0 unspecified atom stereocenters. The molecule has 5 heteroatoms. The summed E-state index contributed by atoms with van der Waals surface area (Å²) in [7, 11) is 1.72. The maximum atomic E-state index is 13.5. The summed E-state index contributed by atoms with van der Waals surface area (Å²) in [5.41, 5.74) is 0.514. The van der Waals surface area contributed by atoms with Crippen molar-refractivity contribution in [3.8, 4) is 11.5 Å². The van der Waals surface area contributed by atoms with E-state index in [0.717, 1.165) is 6.92 Å². The molecule has 17 heavy (non-hydrogen) atoms. The Hall–Kier alpha value is -1.36. The molecule has 0 saturated heterocycles. The molecule has 1 aromatic rings. The first-order valence-corrected chi connectivity index (χ1v) is 5.48. The fraction of sp³-hybridized carbons (Fsp3) is 0.500. The van der Waals surface area contributed by atoms with Crippen molar-refractivity contribution in [2.24, 2.45) is 0 Å². The van der Waals surface area contributed by atoms with E-state index in [9.17, 15) is 8.78 Å². The largest absolute Gasteiger partial charge is 0.486 e. The Kier molecular flexibility index (Phi) is 3.19. The summed E-state index contributed by atoms with van der Waals surface area (Å²) in [5.74, 6) is -1.95. The fourth-order valence-electron chi connectivity index (χ4n) is 1.88. The van der Waals surface area contributed by atoms with Crippen LogP contribution in [0.3, 0.4) is 0 Å². The van der Waals surface area contributed by atoms with Gasteiger partial charge in [0.25, 0.3) is 5.92 Å². The van der Waals surface area contributed by atoms with Gasteiger partial charge in [-0.25, -0.2) is 8.78 Å². The van der Waals surface area contributed by atoms with Gasteiger partial charge in [0.15, 0.2) is 11.5 Å². The highest BCUT2D eigenvalue weighted by Crippen LogP contribution is 2.39. The number of nitrogens with one attached hydrogen (secondary N) is 1. The monoisotopic (exact) mass is 243 g/mol. The van der Waals surface area contributed by atoms with Crippen LogP contribution < -0.4 is 14.8 Å². The molecule has 1 heterocycles. The zero-order valence-corrected chi connectivity index (χ0v) is 9.85. The van der Waals surface area contributed by atoms with Crippen molar-refractivity contribution in [1.29, 1.82) is 0 Å². The first-order valence-electron chi connectivity index (χ1n) is 5.48. The van der Waals surface area contributed by atoms with Crippen molar-refractivity contribution in [3.63, 3.8) is 0 Å². The molecule has 1 aliphatic heterocycles. The van der Waals surface area contributed by atoms with Crippen molar-refractivity contribution in [2.45, 2.75) is 19.4 Å². The van der Waals surface area contributed by atoms with Gasteiger partial charge in [-0.15, -0.1) is 0 Å². The van der Waals surface area contributed by atoms with E-state index in [1.165, 1.54) is 6.07 Å². The van der Waals surface area contributed by atoms with Crippen LogP contribution in [0.1, 0.15) is 18.1 Å². The maximum absolute atomic E-state index is 13.5. The van der Waals surface area contributed by atoms with Crippen LogP contribution in [0.2, 0.25) is 0 Å². The molecule has 0 bridgehead atoms. The molecule has 0 fully saturated rings. The minimum atomic E-state index is -2.89. The molecular weight excluding hydrogens is 228 g/mol. The van der Waals surface area contributed by atoms with Gasteiger partial charge in [-0.3, -0.25) is 0 Å². The lowest BCUT2D eigenvalue weighted by molar-refractivity contribution is 0.0159. The van der Waals surface area contributed by atoms with Gasteiger partial charge in [-0.1, -0.05) is 0 Å². The van der Waals surface area contributed by atoms with Crippen LogP contribution in [0.15, 0.2) is 12.1 Å². The van der Waals surface area contributed by atoms with Crippen LogP contribution >= 0.6 is 0 Å². The summed E-state index contributed by atoms with van der Waals surface area (Å²) in [6.45, 7) is 2.11. The molecule has 0 atom stereocenters. The van der Waals surface area contributed by atoms with Gasteiger partial charge in [-0.2, -0.15) is 0 Å². The fourth-order valence-corrected chi connectivity index (χ4v) is 1.88. The number of alkyl halides is 2. The van der Waals surface area contributed by atoms with E-state index >= 15 is 0 Å². The van der Waals surface area contributed by atoms with E-state index in [2.05, 4.69) is 5.32 Å². The molecular formula is C12H15F2NO2. The van der Waals surface area contributed by atoms with Crippen molar-refractivity contribution in [3.05, 3.63) is 23.3 Å². The molecule has 94 valence electrons. The number of ether oxygens (including phenoxy) is 2. The highest BCUT2D eigenvalue weighted by molar-refractivity contribution is 5.49. The van der Waals surface area contributed by atoms with Gasteiger partial charge in [0.1, 0.15) is 13.2 Å². The highest BCUT2D eigenvalue weighted by Gasteiger charge is 2.30. The molecule has 0 spiro atoms. The highest BCUT2D eigenvalue weighted by atomic mass is 19.3. The van der Waals surface area contributed by atoms with Crippen LogP contribution in [-0.2, 0) is 12.5 Å². The lowest BCUT2D eigenvalue weighted by Crippen LogP contribution is -2.20. The SMILES string of the molecule is CNCc1cc2c(cc1C(C)(F)F)OCCO2. The van der Waals surface area contributed by atoms with E-state index in [0.29, 0.717) is 36.8 Å². The Labute approximate surface area is 98.7 Å². The van der Waals surface area contributed by atoms with Crippen molar-refractivity contribution in [2.75, 3.05) is 20.3 Å². The number of hydrogen-bond acceptors (Lipinski definition) is 3. The van der Waals surface area contributed by atoms with Crippen molar-refractivity contribution in [1.82, 2.24) is 5.32 Å². The molecule has 3 nitrogen and oxygen atoms in total. The third-order valence-electron chi connectivity index (χ3n) is 2.61. The molecule has 0 aromatic heterocycles. The molecule has 1 aromatic carbocycles. The molecule has 1 N–H and O–H groups in total. The second kappa shape index (κ2) is 4.49. The van der Waals surface area contributed by atoms with Crippen LogP contribution in [0.4, 0.5) is 8.78 Å². The van der Waals surface area contributed by atoms with E-state index in [1.54, 1.807) is 13.1 Å². The van der Waals surface area contributed by atoms with Gasteiger partial charge in [-0.05, 0) is 24.7 Å². The summed E-state index contributed by atoms with van der Waals surface area (Å²) >= 11 is 0.